The number of halogens is 1. The van der Waals surface area contributed by atoms with E-state index in [0.717, 1.165) is 24.3 Å². The van der Waals surface area contributed by atoms with Crippen LogP contribution in [0.4, 0.5) is 20.7 Å². The Morgan fingerprint density at radius 3 is 3.10 bits per heavy atom. The van der Waals surface area contributed by atoms with Gasteiger partial charge >= 0.3 is 6.03 Å². The molecule has 0 fully saturated rings. The SMILES string of the molecule is C[C@@H]1c2cc(F)ccc2OCC(CO)NC(=O)Nc2cnn3cc4c(nc23)N1CC4. The number of anilines is 2. The first-order valence-corrected chi connectivity index (χ1v) is 9.78. The average Bonchev–Trinajstić information content (AvgIpc) is 3.32. The molecule has 10 heteroatoms. The number of benzene rings is 1. The molecule has 0 aliphatic carbocycles. The first-order valence-electron chi connectivity index (χ1n) is 9.78. The number of carbonyl (C=O) groups is 1. The van der Waals surface area contributed by atoms with Crippen LogP contribution in [0.15, 0.2) is 30.6 Å². The number of ether oxygens (including phenoxy) is 1. The van der Waals surface area contributed by atoms with E-state index in [9.17, 15) is 14.3 Å². The fourth-order valence-electron chi connectivity index (χ4n) is 4.00. The van der Waals surface area contributed by atoms with Gasteiger partial charge in [-0.2, -0.15) is 5.10 Å². The van der Waals surface area contributed by atoms with Gasteiger partial charge in [-0.15, -0.1) is 0 Å². The molecule has 9 nitrogen and oxygen atoms in total. The van der Waals surface area contributed by atoms with Crippen molar-refractivity contribution in [2.45, 2.75) is 25.4 Å². The molecule has 2 amide bonds. The van der Waals surface area contributed by atoms with Crippen LogP contribution in [0.25, 0.3) is 5.65 Å². The van der Waals surface area contributed by atoms with E-state index >= 15 is 0 Å². The van der Waals surface area contributed by atoms with E-state index in [-0.39, 0.29) is 25.1 Å². The highest BCUT2D eigenvalue weighted by Crippen LogP contribution is 2.38. The Balaban J connectivity index is 1.65. The lowest BCUT2D eigenvalue weighted by Gasteiger charge is -2.29. The molecule has 0 saturated heterocycles. The van der Waals surface area contributed by atoms with Crippen LogP contribution in [-0.2, 0) is 6.42 Å². The zero-order valence-electron chi connectivity index (χ0n) is 16.3. The van der Waals surface area contributed by atoms with Crippen molar-refractivity contribution in [1.82, 2.24) is 19.9 Å². The summed E-state index contributed by atoms with van der Waals surface area (Å²) in [4.78, 5) is 19.3. The van der Waals surface area contributed by atoms with E-state index in [2.05, 4.69) is 20.6 Å². The van der Waals surface area contributed by atoms with Gasteiger partial charge in [-0.05, 0) is 31.5 Å². The van der Waals surface area contributed by atoms with Gasteiger partial charge in [0.2, 0.25) is 0 Å². The highest BCUT2D eigenvalue weighted by Gasteiger charge is 2.30. The highest BCUT2D eigenvalue weighted by molar-refractivity contribution is 5.93. The summed E-state index contributed by atoms with van der Waals surface area (Å²) in [5.41, 5.74) is 2.67. The lowest BCUT2D eigenvalue weighted by atomic mass is 10.1. The first kappa shape index (κ1) is 18.6. The number of amides is 2. The standard InChI is InChI=1S/C20H21FN6O3/c1-11-15-6-13(21)2-3-17(15)30-10-14(9-28)23-20(29)24-16-7-22-27-8-12-4-5-26(11)18(12)25-19(16)27/h2-3,6-8,11,14,28H,4-5,9-10H2,1H3,(H2,23,24,29)/t11-,14?/m1/s1. The second-order valence-corrected chi connectivity index (χ2v) is 7.51. The fourth-order valence-corrected chi connectivity index (χ4v) is 4.00. The zero-order valence-corrected chi connectivity index (χ0v) is 16.3. The lowest BCUT2D eigenvalue weighted by Crippen LogP contribution is -2.44. The first-order chi connectivity index (χ1) is 14.5. The minimum Gasteiger partial charge on any atom is -0.491 e. The Hall–Kier alpha value is -3.40. The summed E-state index contributed by atoms with van der Waals surface area (Å²) in [6.45, 7) is 2.42. The number of hydrogen-bond acceptors (Lipinski definition) is 6. The number of carbonyl (C=O) groups excluding carboxylic acids is 1. The summed E-state index contributed by atoms with van der Waals surface area (Å²) >= 11 is 0. The van der Waals surface area contributed by atoms with Gasteiger partial charge in [-0.25, -0.2) is 18.7 Å². The van der Waals surface area contributed by atoms with Crippen molar-refractivity contribution in [2.24, 2.45) is 0 Å². The molecule has 2 aliphatic rings. The van der Waals surface area contributed by atoms with Crippen molar-refractivity contribution in [2.75, 3.05) is 30.0 Å². The van der Waals surface area contributed by atoms with E-state index in [1.165, 1.54) is 18.3 Å². The third kappa shape index (κ3) is 3.09. The molecular weight excluding hydrogens is 391 g/mol. The number of hydrogen-bond donors (Lipinski definition) is 3. The maximum absolute atomic E-state index is 14.1. The van der Waals surface area contributed by atoms with Gasteiger partial charge in [0.1, 0.15) is 29.7 Å². The van der Waals surface area contributed by atoms with Crippen molar-refractivity contribution < 1.29 is 19.0 Å². The smallest absolute Gasteiger partial charge is 0.319 e. The van der Waals surface area contributed by atoms with E-state index in [0.29, 0.717) is 22.6 Å². The molecule has 2 atom stereocenters. The Labute approximate surface area is 171 Å². The Morgan fingerprint density at radius 1 is 1.40 bits per heavy atom. The van der Waals surface area contributed by atoms with Gasteiger partial charge in [0.25, 0.3) is 0 Å². The summed E-state index contributed by atoms with van der Waals surface area (Å²) in [5, 5.41) is 19.3. The van der Waals surface area contributed by atoms with E-state index < -0.39 is 12.1 Å². The van der Waals surface area contributed by atoms with Crippen LogP contribution in [0, 0.1) is 5.82 Å². The van der Waals surface area contributed by atoms with Crippen LogP contribution in [0.3, 0.4) is 0 Å². The molecule has 0 radical (unpaired) electrons. The third-order valence-electron chi connectivity index (χ3n) is 5.57. The number of nitrogens with zero attached hydrogens (tertiary/aromatic N) is 4. The van der Waals surface area contributed by atoms with Gasteiger partial charge in [-0.3, -0.25) is 0 Å². The summed E-state index contributed by atoms with van der Waals surface area (Å²) in [6.07, 6.45) is 4.22. The van der Waals surface area contributed by atoms with E-state index in [1.807, 2.05) is 13.1 Å². The molecule has 156 valence electrons. The minimum atomic E-state index is -0.648. The van der Waals surface area contributed by atoms with Crippen LogP contribution < -0.4 is 20.3 Å². The molecule has 2 aliphatic heterocycles. The van der Waals surface area contributed by atoms with Crippen molar-refractivity contribution in [3.05, 3.63) is 47.5 Å². The van der Waals surface area contributed by atoms with Crippen molar-refractivity contribution in [1.29, 1.82) is 0 Å². The zero-order chi connectivity index (χ0) is 20.8. The molecule has 0 saturated carbocycles. The highest BCUT2D eigenvalue weighted by atomic mass is 19.1. The quantitative estimate of drug-likeness (QED) is 0.564. The molecule has 30 heavy (non-hydrogen) atoms. The number of aliphatic hydroxyl groups excluding tert-OH is 1. The van der Waals surface area contributed by atoms with E-state index in [1.54, 1.807) is 10.6 Å². The predicted octanol–water partition coefficient (Wildman–Crippen LogP) is 1.87. The Kier molecular flexibility index (Phi) is 4.43. The molecule has 1 aromatic carbocycles. The summed E-state index contributed by atoms with van der Waals surface area (Å²) < 4.78 is 21.6. The summed E-state index contributed by atoms with van der Waals surface area (Å²) in [5.74, 6) is 0.920. The second kappa shape index (κ2) is 7.13. The molecule has 3 N–H and O–H groups in total. The molecule has 3 aromatic rings. The fraction of sp³-hybridized carbons (Fsp3) is 0.350. The molecular formula is C20H21FN6O3. The number of nitrogens with one attached hydrogen (secondary N) is 2. The molecule has 2 aromatic heterocycles. The monoisotopic (exact) mass is 412 g/mol. The Bertz CT molecular complexity index is 1130. The number of aromatic nitrogens is 3. The number of fused-ring (bicyclic) bond motifs is 1. The minimum absolute atomic E-state index is 0.0352. The maximum atomic E-state index is 14.1. The molecule has 2 bridgehead atoms. The predicted molar refractivity (Wildman–Crippen MR) is 107 cm³/mol. The van der Waals surface area contributed by atoms with Gasteiger partial charge in [-0.1, -0.05) is 0 Å². The van der Waals surface area contributed by atoms with Crippen LogP contribution in [-0.4, -0.2) is 51.5 Å². The van der Waals surface area contributed by atoms with Gasteiger partial charge in [0.15, 0.2) is 5.65 Å². The van der Waals surface area contributed by atoms with Crippen LogP contribution >= 0.6 is 0 Å². The van der Waals surface area contributed by atoms with E-state index in [4.69, 9.17) is 9.72 Å². The maximum Gasteiger partial charge on any atom is 0.319 e. The summed E-state index contributed by atoms with van der Waals surface area (Å²) in [7, 11) is 0. The molecule has 4 heterocycles. The average molecular weight is 412 g/mol. The van der Waals surface area contributed by atoms with Crippen molar-refractivity contribution in [3.8, 4) is 5.75 Å². The van der Waals surface area contributed by atoms with Gasteiger partial charge < -0.3 is 25.4 Å². The third-order valence-corrected chi connectivity index (χ3v) is 5.57. The number of rotatable bonds is 1. The largest absolute Gasteiger partial charge is 0.491 e. The topological polar surface area (TPSA) is 104 Å². The number of aliphatic hydroxyl groups is 1. The second-order valence-electron chi connectivity index (χ2n) is 7.51. The Morgan fingerprint density at radius 2 is 2.27 bits per heavy atom. The van der Waals surface area contributed by atoms with Crippen molar-refractivity contribution >= 4 is 23.2 Å². The van der Waals surface area contributed by atoms with Gasteiger partial charge in [0, 0.05) is 23.9 Å². The van der Waals surface area contributed by atoms with Crippen LogP contribution in [0.1, 0.15) is 24.1 Å². The molecule has 5 rings (SSSR count). The normalized spacial score (nSPS) is 21.0. The van der Waals surface area contributed by atoms with Crippen molar-refractivity contribution in [3.63, 3.8) is 0 Å². The molecule has 1 unspecified atom stereocenters. The molecule has 0 spiro atoms. The van der Waals surface area contributed by atoms with Gasteiger partial charge in [0.05, 0.1) is 24.9 Å². The summed E-state index contributed by atoms with van der Waals surface area (Å²) in [6, 6.07) is 3.02. The lowest BCUT2D eigenvalue weighted by molar-refractivity contribution is 0.181. The van der Waals surface area contributed by atoms with Crippen LogP contribution in [0.5, 0.6) is 5.75 Å². The number of urea groups is 1. The van der Waals surface area contributed by atoms with Crippen LogP contribution in [0.2, 0.25) is 0 Å².